The summed E-state index contributed by atoms with van der Waals surface area (Å²) in [6.45, 7) is 4.96. The summed E-state index contributed by atoms with van der Waals surface area (Å²) in [7, 11) is 0. The number of carbonyl (C=O) groups excluding carboxylic acids is 1. The minimum atomic E-state index is 0.215. The average molecular weight is 317 g/mol. The fourth-order valence-electron chi connectivity index (χ4n) is 2.39. The van der Waals surface area contributed by atoms with Crippen molar-refractivity contribution in [1.29, 1.82) is 0 Å². The van der Waals surface area contributed by atoms with Gasteiger partial charge in [-0.25, -0.2) is 0 Å². The Labute approximate surface area is 134 Å². The SMILES string of the molecule is Cc1ccc(-c2nnc(SCN3CCCCC3=O)o2)cc1C. The third-order valence-corrected chi connectivity index (χ3v) is 4.78. The highest BCUT2D eigenvalue weighted by Crippen LogP contribution is 2.26. The fourth-order valence-corrected chi connectivity index (χ4v) is 3.17. The molecule has 0 atom stereocenters. The smallest absolute Gasteiger partial charge is 0.278 e. The van der Waals surface area contributed by atoms with Gasteiger partial charge >= 0.3 is 0 Å². The van der Waals surface area contributed by atoms with E-state index in [2.05, 4.69) is 24.0 Å². The number of benzene rings is 1. The first kappa shape index (κ1) is 15.1. The van der Waals surface area contributed by atoms with Gasteiger partial charge in [-0.1, -0.05) is 6.07 Å². The van der Waals surface area contributed by atoms with Crippen molar-refractivity contribution in [2.75, 3.05) is 12.4 Å². The van der Waals surface area contributed by atoms with Gasteiger partial charge < -0.3 is 9.32 Å². The summed E-state index contributed by atoms with van der Waals surface area (Å²) in [5.41, 5.74) is 3.36. The number of hydrogen-bond donors (Lipinski definition) is 0. The molecule has 0 bridgehead atoms. The summed E-state index contributed by atoms with van der Waals surface area (Å²) in [6, 6.07) is 6.08. The number of amides is 1. The van der Waals surface area contributed by atoms with Crippen LogP contribution in [0.1, 0.15) is 30.4 Å². The van der Waals surface area contributed by atoms with Crippen LogP contribution in [0, 0.1) is 13.8 Å². The average Bonchev–Trinajstić information content (AvgIpc) is 2.98. The fraction of sp³-hybridized carbons (Fsp3) is 0.438. The van der Waals surface area contributed by atoms with Crippen LogP contribution in [0.5, 0.6) is 0 Å². The Morgan fingerprint density at radius 3 is 2.86 bits per heavy atom. The topological polar surface area (TPSA) is 59.2 Å². The molecular formula is C16H19N3O2S. The second-order valence-electron chi connectivity index (χ2n) is 5.56. The van der Waals surface area contributed by atoms with Gasteiger partial charge in [0.2, 0.25) is 11.8 Å². The zero-order chi connectivity index (χ0) is 15.5. The van der Waals surface area contributed by atoms with Gasteiger partial charge in [0, 0.05) is 18.5 Å². The maximum atomic E-state index is 11.8. The summed E-state index contributed by atoms with van der Waals surface area (Å²) >= 11 is 1.42. The molecule has 0 N–H and O–H groups in total. The second kappa shape index (κ2) is 6.52. The molecule has 1 amide bonds. The highest BCUT2D eigenvalue weighted by Gasteiger charge is 2.19. The van der Waals surface area contributed by atoms with Gasteiger partial charge in [-0.2, -0.15) is 0 Å². The van der Waals surface area contributed by atoms with Crippen molar-refractivity contribution in [3.05, 3.63) is 29.3 Å². The van der Waals surface area contributed by atoms with E-state index < -0.39 is 0 Å². The Hall–Kier alpha value is -1.82. The molecule has 1 aliphatic heterocycles. The molecule has 0 unspecified atom stereocenters. The molecule has 2 heterocycles. The number of likely N-dealkylation sites (tertiary alicyclic amines) is 1. The van der Waals surface area contributed by atoms with Crippen molar-refractivity contribution in [3.8, 4) is 11.5 Å². The van der Waals surface area contributed by atoms with Crippen LogP contribution in [0.15, 0.2) is 27.8 Å². The molecule has 1 aromatic heterocycles. The summed E-state index contributed by atoms with van der Waals surface area (Å²) < 4.78 is 5.69. The van der Waals surface area contributed by atoms with E-state index in [1.165, 1.54) is 22.9 Å². The van der Waals surface area contributed by atoms with Gasteiger partial charge in [0.15, 0.2) is 0 Å². The lowest BCUT2D eigenvalue weighted by Crippen LogP contribution is -2.34. The number of aryl methyl sites for hydroxylation is 2. The summed E-state index contributed by atoms with van der Waals surface area (Å²) in [4.78, 5) is 13.6. The molecule has 2 aromatic rings. The third kappa shape index (κ3) is 3.32. The molecule has 3 rings (SSSR count). The van der Waals surface area contributed by atoms with Gasteiger partial charge in [-0.3, -0.25) is 4.79 Å². The van der Waals surface area contributed by atoms with Crippen LogP contribution in [0.25, 0.3) is 11.5 Å². The van der Waals surface area contributed by atoms with Crippen LogP contribution >= 0.6 is 11.8 Å². The predicted molar refractivity (Wildman–Crippen MR) is 85.5 cm³/mol. The van der Waals surface area contributed by atoms with Crippen molar-refractivity contribution in [2.24, 2.45) is 0 Å². The van der Waals surface area contributed by atoms with E-state index in [1.807, 2.05) is 23.1 Å². The van der Waals surface area contributed by atoms with Crippen molar-refractivity contribution in [1.82, 2.24) is 15.1 Å². The summed E-state index contributed by atoms with van der Waals surface area (Å²) in [5.74, 6) is 1.32. The first-order chi connectivity index (χ1) is 10.6. The van der Waals surface area contributed by atoms with Crippen molar-refractivity contribution in [3.63, 3.8) is 0 Å². The van der Waals surface area contributed by atoms with E-state index in [1.54, 1.807) is 0 Å². The number of rotatable bonds is 4. The molecular weight excluding hydrogens is 298 g/mol. The molecule has 1 fully saturated rings. The molecule has 0 saturated carbocycles. The normalized spacial score (nSPS) is 15.4. The Balaban J connectivity index is 1.65. The van der Waals surface area contributed by atoms with Crippen LogP contribution in [0.4, 0.5) is 0 Å². The van der Waals surface area contributed by atoms with E-state index >= 15 is 0 Å². The zero-order valence-electron chi connectivity index (χ0n) is 12.8. The lowest BCUT2D eigenvalue weighted by Gasteiger charge is -2.25. The molecule has 116 valence electrons. The summed E-state index contributed by atoms with van der Waals surface area (Å²) in [5, 5.41) is 8.67. The molecule has 1 saturated heterocycles. The minimum Gasteiger partial charge on any atom is -0.411 e. The van der Waals surface area contributed by atoms with Crippen LogP contribution in [0.3, 0.4) is 0 Å². The largest absolute Gasteiger partial charge is 0.411 e. The molecule has 5 nitrogen and oxygen atoms in total. The number of nitrogens with zero attached hydrogens (tertiary/aromatic N) is 3. The molecule has 0 aliphatic carbocycles. The number of aromatic nitrogens is 2. The van der Waals surface area contributed by atoms with Crippen LogP contribution < -0.4 is 0 Å². The lowest BCUT2D eigenvalue weighted by molar-refractivity contribution is -0.132. The van der Waals surface area contributed by atoms with E-state index in [-0.39, 0.29) is 5.91 Å². The standard InChI is InChI=1S/C16H19N3O2S/c1-11-6-7-13(9-12(11)2)15-17-18-16(21-15)22-10-19-8-4-3-5-14(19)20/h6-7,9H,3-5,8,10H2,1-2H3. The van der Waals surface area contributed by atoms with Crippen LogP contribution in [-0.4, -0.2) is 33.4 Å². The molecule has 0 spiro atoms. The number of hydrogen-bond acceptors (Lipinski definition) is 5. The Morgan fingerprint density at radius 2 is 2.09 bits per heavy atom. The van der Waals surface area contributed by atoms with E-state index in [0.717, 1.165) is 24.9 Å². The predicted octanol–water partition coefficient (Wildman–Crippen LogP) is 3.42. The lowest BCUT2D eigenvalue weighted by atomic mass is 10.1. The highest BCUT2D eigenvalue weighted by atomic mass is 32.2. The maximum Gasteiger partial charge on any atom is 0.278 e. The Morgan fingerprint density at radius 1 is 1.23 bits per heavy atom. The third-order valence-electron chi connectivity index (χ3n) is 3.93. The number of carbonyl (C=O) groups is 1. The number of thioether (sulfide) groups is 1. The summed E-state index contributed by atoms with van der Waals surface area (Å²) in [6.07, 6.45) is 2.72. The van der Waals surface area contributed by atoms with Crippen molar-refractivity contribution >= 4 is 17.7 Å². The quantitative estimate of drug-likeness (QED) is 0.809. The molecule has 1 aromatic carbocycles. The van der Waals surface area contributed by atoms with Gasteiger partial charge in [0.25, 0.3) is 5.22 Å². The molecule has 1 aliphatic rings. The van der Waals surface area contributed by atoms with E-state index in [4.69, 9.17) is 4.42 Å². The van der Waals surface area contributed by atoms with Gasteiger partial charge in [0.05, 0.1) is 5.88 Å². The van der Waals surface area contributed by atoms with Crippen molar-refractivity contribution < 1.29 is 9.21 Å². The van der Waals surface area contributed by atoms with Crippen LogP contribution in [0.2, 0.25) is 0 Å². The monoisotopic (exact) mass is 317 g/mol. The zero-order valence-corrected chi connectivity index (χ0v) is 13.7. The molecule has 6 heteroatoms. The maximum absolute atomic E-state index is 11.8. The van der Waals surface area contributed by atoms with E-state index in [9.17, 15) is 4.79 Å². The molecule has 22 heavy (non-hydrogen) atoms. The second-order valence-corrected chi connectivity index (χ2v) is 6.46. The van der Waals surface area contributed by atoms with Crippen molar-refractivity contribution in [2.45, 2.75) is 38.3 Å². The highest BCUT2D eigenvalue weighted by molar-refractivity contribution is 7.99. The van der Waals surface area contributed by atoms with Gasteiger partial charge in [-0.05, 0) is 61.7 Å². The first-order valence-electron chi connectivity index (χ1n) is 7.45. The van der Waals surface area contributed by atoms with E-state index in [0.29, 0.717) is 23.4 Å². The van der Waals surface area contributed by atoms with Gasteiger partial charge in [-0.15, -0.1) is 10.2 Å². The van der Waals surface area contributed by atoms with Crippen LogP contribution in [-0.2, 0) is 4.79 Å². The Kier molecular flexibility index (Phi) is 4.47. The number of piperidine rings is 1. The minimum absolute atomic E-state index is 0.215. The Bertz CT molecular complexity index is 684. The molecule has 0 radical (unpaired) electrons. The first-order valence-corrected chi connectivity index (χ1v) is 8.44. The van der Waals surface area contributed by atoms with Gasteiger partial charge in [0.1, 0.15) is 0 Å².